The van der Waals surface area contributed by atoms with Gasteiger partial charge in [-0.05, 0) is 46.0 Å². The van der Waals surface area contributed by atoms with Crippen LogP contribution in [0.15, 0.2) is 0 Å². The van der Waals surface area contributed by atoms with Gasteiger partial charge in [0.15, 0.2) is 6.29 Å². The maximum atomic E-state index is 11.6. The van der Waals surface area contributed by atoms with Crippen molar-refractivity contribution >= 4 is 5.97 Å². The zero-order valence-electron chi connectivity index (χ0n) is 13.6. The third-order valence-electron chi connectivity index (χ3n) is 4.51. The van der Waals surface area contributed by atoms with Crippen molar-refractivity contribution in [2.24, 2.45) is 11.8 Å². The van der Waals surface area contributed by atoms with Gasteiger partial charge in [-0.1, -0.05) is 0 Å². The SMILES string of the molecule is CCOC(=O)[C@H]1C[C@@H]1CC[C@@H](C)O[C@@H]1O[C@@H](C)[C@H](O)C[C@H]1O. The summed E-state index contributed by atoms with van der Waals surface area (Å²) in [4.78, 5) is 11.6. The van der Waals surface area contributed by atoms with Gasteiger partial charge < -0.3 is 24.4 Å². The van der Waals surface area contributed by atoms with E-state index >= 15 is 0 Å². The van der Waals surface area contributed by atoms with E-state index in [9.17, 15) is 15.0 Å². The van der Waals surface area contributed by atoms with E-state index in [0.29, 0.717) is 12.5 Å². The number of carbonyl (C=O) groups excluding carboxylic acids is 1. The van der Waals surface area contributed by atoms with Crippen LogP contribution < -0.4 is 0 Å². The molecule has 2 rings (SSSR count). The topological polar surface area (TPSA) is 85.2 Å². The Morgan fingerprint density at radius 1 is 1.32 bits per heavy atom. The molecule has 0 aromatic rings. The average Bonchev–Trinajstić information content (AvgIpc) is 3.22. The summed E-state index contributed by atoms with van der Waals surface area (Å²) < 4.78 is 16.3. The predicted molar refractivity (Wildman–Crippen MR) is 79.0 cm³/mol. The number of carbonyl (C=O) groups is 1. The molecular formula is C16H28O6. The quantitative estimate of drug-likeness (QED) is 0.687. The van der Waals surface area contributed by atoms with Gasteiger partial charge in [0.2, 0.25) is 0 Å². The molecular weight excluding hydrogens is 288 g/mol. The van der Waals surface area contributed by atoms with Crippen molar-refractivity contribution in [3.05, 3.63) is 0 Å². The van der Waals surface area contributed by atoms with E-state index in [1.54, 1.807) is 6.92 Å². The lowest BCUT2D eigenvalue weighted by atomic mass is 10.0. The van der Waals surface area contributed by atoms with Gasteiger partial charge in [-0.2, -0.15) is 0 Å². The van der Waals surface area contributed by atoms with Gasteiger partial charge in [0.25, 0.3) is 0 Å². The molecule has 0 bridgehead atoms. The highest BCUT2D eigenvalue weighted by molar-refractivity contribution is 5.75. The zero-order valence-corrected chi connectivity index (χ0v) is 13.6. The maximum absolute atomic E-state index is 11.6. The van der Waals surface area contributed by atoms with Gasteiger partial charge in [-0.15, -0.1) is 0 Å². The summed E-state index contributed by atoms with van der Waals surface area (Å²) in [6, 6.07) is 0. The number of rotatable bonds is 7. The Hall–Kier alpha value is -0.690. The second-order valence-corrected chi connectivity index (χ2v) is 6.46. The molecule has 7 atom stereocenters. The Labute approximate surface area is 131 Å². The summed E-state index contributed by atoms with van der Waals surface area (Å²) in [6.07, 6.45) is 0.346. The molecule has 1 aliphatic heterocycles. The van der Waals surface area contributed by atoms with E-state index in [-0.39, 0.29) is 30.5 Å². The Balaban J connectivity index is 1.66. The van der Waals surface area contributed by atoms with Crippen LogP contribution in [-0.2, 0) is 19.0 Å². The predicted octanol–water partition coefficient (Wildman–Crippen LogP) is 1.23. The molecule has 0 unspecified atom stereocenters. The molecule has 0 aromatic heterocycles. The van der Waals surface area contributed by atoms with Crippen LogP contribution in [0.5, 0.6) is 0 Å². The van der Waals surface area contributed by atoms with Gasteiger partial charge in [0, 0.05) is 6.42 Å². The molecule has 0 aromatic carbocycles. The van der Waals surface area contributed by atoms with Gasteiger partial charge in [-0.3, -0.25) is 4.79 Å². The number of ether oxygens (including phenoxy) is 3. The van der Waals surface area contributed by atoms with Gasteiger partial charge in [0.1, 0.15) is 6.10 Å². The summed E-state index contributed by atoms with van der Waals surface area (Å²) >= 11 is 0. The van der Waals surface area contributed by atoms with Crippen molar-refractivity contribution in [1.82, 2.24) is 0 Å². The molecule has 1 heterocycles. The largest absolute Gasteiger partial charge is 0.466 e. The number of esters is 1. The molecule has 2 aliphatic rings. The fraction of sp³-hybridized carbons (Fsp3) is 0.938. The molecule has 6 nitrogen and oxygen atoms in total. The first-order valence-corrected chi connectivity index (χ1v) is 8.26. The van der Waals surface area contributed by atoms with E-state index in [4.69, 9.17) is 14.2 Å². The van der Waals surface area contributed by atoms with E-state index in [1.807, 2.05) is 13.8 Å². The first-order valence-electron chi connectivity index (χ1n) is 8.26. The lowest BCUT2D eigenvalue weighted by Gasteiger charge is -2.36. The standard InChI is InChI=1S/C16H28O6/c1-4-20-15(19)12-7-11(12)6-5-9(2)21-16-14(18)8-13(17)10(3)22-16/h9-14,16-18H,4-8H2,1-3H3/t9-,10+,11+,12+,13-,14-,16-/m1/s1. The zero-order chi connectivity index (χ0) is 16.3. The summed E-state index contributed by atoms with van der Waals surface area (Å²) in [7, 11) is 0. The van der Waals surface area contributed by atoms with E-state index < -0.39 is 18.5 Å². The second kappa shape index (κ2) is 7.73. The number of hydrogen-bond donors (Lipinski definition) is 2. The van der Waals surface area contributed by atoms with Crippen molar-refractivity contribution in [2.45, 2.75) is 77.2 Å². The molecule has 0 amide bonds. The van der Waals surface area contributed by atoms with Crippen molar-refractivity contribution in [3.63, 3.8) is 0 Å². The van der Waals surface area contributed by atoms with Crippen LogP contribution in [0.2, 0.25) is 0 Å². The summed E-state index contributed by atoms with van der Waals surface area (Å²) in [5.74, 6) is 0.358. The first kappa shape index (κ1) is 17.7. The van der Waals surface area contributed by atoms with E-state index in [0.717, 1.165) is 19.3 Å². The monoisotopic (exact) mass is 316 g/mol. The molecule has 1 aliphatic carbocycles. The molecule has 1 saturated carbocycles. The fourth-order valence-corrected chi connectivity index (χ4v) is 2.92. The van der Waals surface area contributed by atoms with Crippen molar-refractivity contribution in [2.75, 3.05) is 6.61 Å². The third kappa shape index (κ3) is 4.65. The van der Waals surface area contributed by atoms with Crippen LogP contribution in [0.25, 0.3) is 0 Å². The minimum Gasteiger partial charge on any atom is -0.466 e. The second-order valence-electron chi connectivity index (χ2n) is 6.46. The van der Waals surface area contributed by atoms with Crippen molar-refractivity contribution in [3.8, 4) is 0 Å². The Bertz CT molecular complexity index is 374. The maximum Gasteiger partial charge on any atom is 0.309 e. The van der Waals surface area contributed by atoms with E-state index in [1.165, 1.54) is 0 Å². The van der Waals surface area contributed by atoms with Crippen molar-refractivity contribution < 1.29 is 29.2 Å². The lowest BCUT2D eigenvalue weighted by Crippen LogP contribution is -2.48. The average molecular weight is 316 g/mol. The van der Waals surface area contributed by atoms with E-state index in [2.05, 4.69) is 0 Å². The minimum atomic E-state index is -0.804. The molecule has 0 radical (unpaired) electrons. The highest BCUT2D eigenvalue weighted by atomic mass is 16.7. The molecule has 0 spiro atoms. The molecule has 6 heteroatoms. The van der Waals surface area contributed by atoms with Crippen LogP contribution in [0.1, 0.15) is 46.5 Å². The molecule has 2 N–H and O–H groups in total. The Kier molecular flexibility index (Phi) is 6.20. The lowest BCUT2D eigenvalue weighted by molar-refractivity contribution is -0.273. The summed E-state index contributed by atoms with van der Waals surface area (Å²) in [5, 5.41) is 19.5. The normalized spacial score (nSPS) is 39.3. The smallest absolute Gasteiger partial charge is 0.309 e. The minimum absolute atomic E-state index is 0.0545. The molecule has 128 valence electrons. The van der Waals surface area contributed by atoms with Crippen LogP contribution >= 0.6 is 0 Å². The number of aliphatic hydroxyl groups excluding tert-OH is 2. The fourth-order valence-electron chi connectivity index (χ4n) is 2.92. The summed E-state index contributed by atoms with van der Waals surface area (Å²) in [6.45, 7) is 5.96. The number of hydrogen-bond acceptors (Lipinski definition) is 6. The van der Waals surface area contributed by atoms with Gasteiger partial charge in [0.05, 0.1) is 30.8 Å². The Morgan fingerprint density at radius 2 is 2.05 bits per heavy atom. The van der Waals surface area contributed by atoms with Crippen LogP contribution in [0.3, 0.4) is 0 Å². The van der Waals surface area contributed by atoms with Gasteiger partial charge >= 0.3 is 5.97 Å². The van der Waals surface area contributed by atoms with Crippen LogP contribution in [0.4, 0.5) is 0 Å². The van der Waals surface area contributed by atoms with Crippen LogP contribution in [0, 0.1) is 11.8 Å². The highest BCUT2D eigenvalue weighted by Gasteiger charge is 2.44. The van der Waals surface area contributed by atoms with Crippen LogP contribution in [-0.4, -0.2) is 53.5 Å². The highest BCUT2D eigenvalue weighted by Crippen LogP contribution is 2.43. The molecule has 22 heavy (non-hydrogen) atoms. The summed E-state index contributed by atoms with van der Waals surface area (Å²) in [5.41, 5.74) is 0. The number of aliphatic hydroxyl groups is 2. The Morgan fingerprint density at radius 3 is 2.73 bits per heavy atom. The molecule has 1 saturated heterocycles. The van der Waals surface area contributed by atoms with Gasteiger partial charge in [-0.25, -0.2) is 0 Å². The first-order chi connectivity index (χ1) is 10.4. The third-order valence-corrected chi connectivity index (χ3v) is 4.51. The van der Waals surface area contributed by atoms with Crippen molar-refractivity contribution in [1.29, 1.82) is 0 Å². The molecule has 2 fully saturated rings.